The van der Waals surface area contributed by atoms with Crippen molar-refractivity contribution in [3.63, 3.8) is 0 Å². The number of imidazole rings is 1. The third kappa shape index (κ3) is 3.15. The average Bonchev–Trinajstić information content (AvgIpc) is 2.96. The van der Waals surface area contributed by atoms with Gasteiger partial charge in [-0.25, -0.2) is 13.8 Å². The first-order valence-corrected chi connectivity index (χ1v) is 9.00. The smallest absolute Gasteiger partial charge is 0.260 e. The first-order chi connectivity index (χ1) is 13.4. The molecule has 0 spiro atoms. The Labute approximate surface area is 160 Å². The van der Waals surface area contributed by atoms with Crippen molar-refractivity contribution in [2.24, 2.45) is 0 Å². The summed E-state index contributed by atoms with van der Waals surface area (Å²) in [5, 5.41) is 2.86. The van der Waals surface area contributed by atoms with Gasteiger partial charge >= 0.3 is 0 Å². The summed E-state index contributed by atoms with van der Waals surface area (Å²) >= 11 is 0. The van der Waals surface area contributed by atoms with Crippen LogP contribution in [0.1, 0.15) is 13.8 Å². The number of amides is 1. The SMILES string of the molecule is CC(C)NC(=O)Cn1c2ccccc2n2c(=O)cc(-c3ccc(F)cc3)nc12. The molecule has 7 heteroatoms. The maximum atomic E-state index is 13.3. The van der Waals surface area contributed by atoms with E-state index >= 15 is 0 Å². The van der Waals surface area contributed by atoms with Gasteiger partial charge in [-0.15, -0.1) is 0 Å². The first kappa shape index (κ1) is 17.9. The van der Waals surface area contributed by atoms with Crippen LogP contribution in [0.25, 0.3) is 28.1 Å². The van der Waals surface area contributed by atoms with Crippen molar-refractivity contribution < 1.29 is 9.18 Å². The fraction of sp³-hybridized carbons (Fsp3) is 0.190. The van der Waals surface area contributed by atoms with Crippen LogP contribution in [0.4, 0.5) is 4.39 Å². The zero-order valence-corrected chi connectivity index (χ0v) is 15.5. The molecule has 4 rings (SSSR count). The largest absolute Gasteiger partial charge is 0.352 e. The number of rotatable bonds is 4. The van der Waals surface area contributed by atoms with Gasteiger partial charge in [0.2, 0.25) is 11.7 Å². The van der Waals surface area contributed by atoms with Gasteiger partial charge in [-0.1, -0.05) is 12.1 Å². The van der Waals surface area contributed by atoms with E-state index in [2.05, 4.69) is 10.3 Å². The van der Waals surface area contributed by atoms with Crippen molar-refractivity contribution in [2.75, 3.05) is 0 Å². The zero-order chi connectivity index (χ0) is 19.8. The van der Waals surface area contributed by atoms with Crippen LogP contribution in [0.15, 0.2) is 59.4 Å². The second-order valence-electron chi connectivity index (χ2n) is 6.92. The van der Waals surface area contributed by atoms with E-state index in [9.17, 15) is 14.0 Å². The molecule has 28 heavy (non-hydrogen) atoms. The monoisotopic (exact) mass is 378 g/mol. The molecule has 2 heterocycles. The molecule has 0 bridgehead atoms. The van der Waals surface area contributed by atoms with E-state index in [0.29, 0.717) is 22.6 Å². The number of carbonyl (C=O) groups is 1. The molecule has 1 amide bonds. The number of hydrogen-bond donors (Lipinski definition) is 1. The lowest BCUT2D eigenvalue weighted by molar-refractivity contribution is -0.122. The highest BCUT2D eigenvalue weighted by atomic mass is 19.1. The normalized spacial score (nSPS) is 11.4. The molecule has 6 nitrogen and oxygen atoms in total. The summed E-state index contributed by atoms with van der Waals surface area (Å²) in [5.74, 6) is -0.160. The molecule has 0 aliphatic rings. The highest BCUT2D eigenvalue weighted by molar-refractivity contribution is 5.85. The first-order valence-electron chi connectivity index (χ1n) is 9.00. The molecular weight excluding hydrogens is 359 g/mol. The number of nitrogens with one attached hydrogen (secondary N) is 1. The van der Waals surface area contributed by atoms with Crippen LogP contribution >= 0.6 is 0 Å². The Morgan fingerprint density at radius 1 is 1.11 bits per heavy atom. The molecule has 4 aromatic rings. The standard InChI is InChI=1S/C21H19FN4O2/c1-13(2)23-19(27)12-25-17-5-3-4-6-18(17)26-20(28)11-16(24-21(25)26)14-7-9-15(22)10-8-14/h3-11,13H,12H2,1-2H3,(H,23,27). The van der Waals surface area contributed by atoms with E-state index in [1.54, 1.807) is 16.7 Å². The van der Waals surface area contributed by atoms with Gasteiger partial charge in [-0.2, -0.15) is 0 Å². The second-order valence-corrected chi connectivity index (χ2v) is 6.92. The van der Waals surface area contributed by atoms with Crippen LogP contribution in [0.5, 0.6) is 0 Å². The van der Waals surface area contributed by atoms with Gasteiger partial charge in [0.15, 0.2) is 0 Å². The Kier molecular flexibility index (Phi) is 4.43. The minimum Gasteiger partial charge on any atom is -0.352 e. The van der Waals surface area contributed by atoms with Gasteiger partial charge in [-0.3, -0.25) is 9.59 Å². The van der Waals surface area contributed by atoms with Gasteiger partial charge in [-0.05, 0) is 50.2 Å². The van der Waals surface area contributed by atoms with E-state index in [-0.39, 0.29) is 29.9 Å². The lowest BCUT2D eigenvalue weighted by Gasteiger charge is -2.10. The van der Waals surface area contributed by atoms with Crippen LogP contribution < -0.4 is 10.9 Å². The number of para-hydroxylation sites is 2. The fourth-order valence-corrected chi connectivity index (χ4v) is 3.30. The van der Waals surface area contributed by atoms with Gasteiger partial charge in [0.05, 0.1) is 16.7 Å². The summed E-state index contributed by atoms with van der Waals surface area (Å²) in [6.07, 6.45) is 0. The molecule has 0 atom stereocenters. The zero-order valence-electron chi connectivity index (χ0n) is 15.5. The summed E-state index contributed by atoms with van der Waals surface area (Å²) in [4.78, 5) is 29.9. The number of carbonyl (C=O) groups excluding carboxylic acids is 1. The minimum atomic E-state index is -0.360. The van der Waals surface area contributed by atoms with Gasteiger partial charge < -0.3 is 9.88 Å². The topological polar surface area (TPSA) is 68.4 Å². The molecule has 2 aromatic carbocycles. The van der Waals surface area contributed by atoms with E-state index < -0.39 is 0 Å². The minimum absolute atomic E-state index is 0.00560. The van der Waals surface area contributed by atoms with Crippen LogP contribution in [-0.2, 0) is 11.3 Å². The maximum absolute atomic E-state index is 13.3. The molecule has 0 radical (unpaired) electrons. The van der Waals surface area contributed by atoms with Crippen molar-refractivity contribution in [3.8, 4) is 11.3 Å². The van der Waals surface area contributed by atoms with E-state index in [1.165, 1.54) is 22.6 Å². The summed E-state index contributed by atoms with van der Waals surface area (Å²) < 4.78 is 16.5. The van der Waals surface area contributed by atoms with Crippen molar-refractivity contribution >= 4 is 22.7 Å². The molecule has 0 aliphatic carbocycles. The second kappa shape index (κ2) is 6.92. The van der Waals surface area contributed by atoms with Crippen molar-refractivity contribution in [3.05, 3.63) is 70.8 Å². The third-order valence-electron chi connectivity index (χ3n) is 4.45. The van der Waals surface area contributed by atoms with Crippen LogP contribution in [0, 0.1) is 5.82 Å². The predicted octanol–water partition coefficient (Wildman–Crippen LogP) is 2.98. The molecule has 0 fully saturated rings. The maximum Gasteiger partial charge on any atom is 0.260 e. The summed E-state index contributed by atoms with van der Waals surface area (Å²) in [6, 6.07) is 14.6. The highest BCUT2D eigenvalue weighted by Gasteiger charge is 2.17. The Balaban J connectivity index is 1.95. The lowest BCUT2D eigenvalue weighted by atomic mass is 10.1. The van der Waals surface area contributed by atoms with Gasteiger partial charge in [0.25, 0.3) is 5.56 Å². The van der Waals surface area contributed by atoms with Crippen molar-refractivity contribution in [1.82, 2.24) is 19.3 Å². The van der Waals surface area contributed by atoms with Gasteiger partial charge in [0, 0.05) is 17.7 Å². The Hall–Kier alpha value is -3.48. The van der Waals surface area contributed by atoms with Gasteiger partial charge in [0.1, 0.15) is 12.4 Å². The number of fused-ring (bicyclic) bond motifs is 3. The van der Waals surface area contributed by atoms with Crippen molar-refractivity contribution in [1.29, 1.82) is 0 Å². The number of aromatic nitrogens is 3. The Morgan fingerprint density at radius 2 is 1.79 bits per heavy atom. The molecule has 0 unspecified atom stereocenters. The lowest BCUT2D eigenvalue weighted by Crippen LogP contribution is -2.33. The molecule has 0 saturated carbocycles. The molecule has 0 aliphatic heterocycles. The molecule has 0 saturated heterocycles. The molecular formula is C21H19FN4O2. The van der Waals surface area contributed by atoms with E-state index in [4.69, 9.17) is 0 Å². The third-order valence-corrected chi connectivity index (χ3v) is 4.45. The molecule has 142 valence electrons. The quantitative estimate of drug-likeness (QED) is 0.594. The van der Waals surface area contributed by atoms with Crippen LogP contribution in [0.3, 0.4) is 0 Å². The van der Waals surface area contributed by atoms with E-state index in [0.717, 1.165) is 5.52 Å². The summed E-state index contributed by atoms with van der Waals surface area (Å²) in [6.45, 7) is 3.81. The average molecular weight is 378 g/mol. The molecule has 2 aromatic heterocycles. The number of halogens is 1. The fourth-order valence-electron chi connectivity index (χ4n) is 3.30. The highest BCUT2D eigenvalue weighted by Crippen LogP contribution is 2.22. The van der Waals surface area contributed by atoms with Crippen LogP contribution in [0.2, 0.25) is 0 Å². The summed E-state index contributed by atoms with van der Waals surface area (Å²) in [5.41, 5.74) is 2.21. The number of nitrogens with zero attached hydrogens (tertiary/aromatic N) is 3. The summed E-state index contributed by atoms with van der Waals surface area (Å²) in [7, 11) is 0. The predicted molar refractivity (Wildman–Crippen MR) is 106 cm³/mol. The van der Waals surface area contributed by atoms with E-state index in [1.807, 2.05) is 38.1 Å². The molecule has 1 N–H and O–H groups in total. The number of hydrogen-bond acceptors (Lipinski definition) is 3. The van der Waals surface area contributed by atoms with Crippen molar-refractivity contribution in [2.45, 2.75) is 26.4 Å². The Morgan fingerprint density at radius 3 is 2.46 bits per heavy atom. The van der Waals surface area contributed by atoms with Crippen LogP contribution in [-0.4, -0.2) is 25.9 Å². The number of benzene rings is 2. The Bertz CT molecular complexity index is 1240.